The molecule has 2 aromatic heterocycles. The van der Waals surface area contributed by atoms with Crippen LogP contribution in [-0.4, -0.2) is 44.0 Å². The van der Waals surface area contributed by atoms with Gasteiger partial charge in [-0.05, 0) is 25.5 Å². The van der Waals surface area contributed by atoms with Gasteiger partial charge in [0.15, 0.2) is 11.5 Å². The van der Waals surface area contributed by atoms with Gasteiger partial charge in [0, 0.05) is 6.54 Å². The predicted molar refractivity (Wildman–Crippen MR) is 65.7 cm³/mol. The molecule has 0 bridgehead atoms. The number of rotatable bonds is 5. The van der Waals surface area contributed by atoms with Crippen LogP contribution < -0.4 is 4.90 Å². The van der Waals surface area contributed by atoms with E-state index in [2.05, 4.69) is 15.3 Å². The Hall–Kier alpha value is -2.18. The van der Waals surface area contributed by atoms with Gasteiger partial charge in [-0.1, -0.05) is 6.92 Å². The Morgan fingerprint density at radius 3 is 2.89 bits per heavy atom. The lowest BCUT2D eigenvalue weighted by Gasteiger charge is -2.20. The SMILES string of the molecule is CCCN(CC(=O)O)c1ccc2nnc(C)n2n1. The molecule has 1 N–H and O–H groups in total. The summed E-state index contributed by atoms with van der Waals surface area (Å²) in [6.45, 7) is 4.38. The Morgan fingerprint density at radius 1 is 1.44 bits per heavy atom. The second-order valence-electron chi connectivity index (χ2n) is 4.02. The van der Waals surface area contributed by atoms with E-state index in [1.807, 2.05) is 6.92 Å². The van der Waals surface area contributed by atoms with Crippen LogP contribution in [0.1, 0.15) is 19.2 Å². The van der Waals surface area contributed by atoms with Crippen LogP contribution in [0.3, 0.4) is 0 Å². The number of fused-ring (bicyclic) bond motifs is 1. The van der Waals surface area contributed by atoms with Crippen LogP contribution in [0.25, 0.3) is 5.65 Å². The number of carboxylic acids is 1. The highest BCUT2D eigenvalue weighted by molar-refractivity contribution is 5.73. The van der Waals surface area contributed by atoms with Gasteiger partial charge < -0.3 is 10.0 Å². The van der Waals surface area contributed by atoms with Crippen LogP contribution in [0, 0.1) is 6.92 Å². The van der Waals surface area contributed by atoms with Crippen LogP contribution in [-0.2, 0) is 4.79 Å². The third-order valence-electron chi connectivity index (χ3n) is 2.55. The van der Waals surface area contributed by atoms with Gasteiger partial charge in [-0.15, -0.1) is 15.3 Å². The Balaban J connectivity index is 2.36. The largest absolute Gasteiger partial charge is 0.480 e. The third kappa shape index (κ3) is 2.39. The lowest BCUT2D eigenvalue weighted by atomic mass is 10.3. The fourth-order valence-electron chi connectivity index (χ4n) is 1.76. The molecule has 0 unspecified atom stereocenters. The maximum Gasteiger partial charge on any atom is 0.323 e. The number of hydrogen-bond acceptors (Lipinski definition) is 5. The van der Waals surface area contributed by atoms with E-state index in [1.165, 1.54) is 0 Å². The van der Waals surface area contributed by atoms with Crippen LogP contribution >= 0.6 is 0 Å². The van der Waals surface area contributed by atoms with Crippen molar-refractivity contribution in [3.05, 3.63) is 18.0 Å². The van der Waals surface area contributed by atoms with Gasteiger partial charge in [0.25, 0.3) is 0 Å². The number of carboxylic acid groups (broad SMARTS) is 1. The van der Waals surface area contributed by atoms with E-state index in [4.69, 9.17) is 5.11 Å². The topological polar surface area (TPSA) is 83.6 Å². The van der Waals surface area contributed by atoms with Gasteiger partial charge in [-0.3, -0.25) is 4.79 Å². The molecule has 0 atom stereocenters. The molecule has 2 heterocycles. The van der Waals surface area contributed by atoms with Crippen LogP contribution in [0.5, 0.6) is 0 Å². The molecule has 0 fully saturated rings. The van der Waals surface area contributed by atoms with E-state index >= 15 is 0 Å². The van der Waals surface area contributed by atoms with Crippen molar-refractivity contribution in [1.82, 2.24) is 19.8 Å². The third-order valence-corrected chi connectivity index (χ3v) is 2.55. The number of aryl methyl sites for hydroxylation is 1. The zero-order valence-electron chi connectivity index (χ0n) is 10.4. The monoisotopic (exact) mass is 249 g/mol. The molecule has 0 aliphatic heterocycles. The summed E-state index contributed by atoms with van der Waals surface area (Å²) in [5, 5.41) is 21.1. The first-order valence-electron chi connectivity index (χ1n) is 5.77. The average molecular weight is 249 g/mol. The molecule has 7 nitrogen and oxygen atoms in total. The Labute approximate surface area is 104 Å². The van der Waals surface area contributed by atoms with Crippen LogP contribution in [0.2, 0.25) is 0 Å². The van der Waals surface area contributed by atoms with Crippen molar-refractivity contribution in [3.8, 4) is 0 Å². The van der Waals surface area contributed by atoms with Crippen LogP contribution in [0.15, 0.2) is 12.1 Å². The molecule has 0 aliphatic carbocycles. The zero-order valence-corrected chi connectivity index (χ0v) is 10.4. The van der Waals surface area contributed by atoms with E-state index < -0.39 is 5.97 Å². The summed E-state index contributed by atoms with van der Waals surface area (Å²) >= 11 is 0. The standard InChI is InChI=1S/C11H15N5O2/c1-3-6-15(7-11(17)18)10-5-4-9-13-12-8(2)16(9)14-10/h4-5H,3,6-7H2,1-2H3,(H,17,18). The number of nitrogens with zero attached hydrogens (tertiary/aromatic N) is 5. The van der Waals surface area contributed by atoms with Crippen molar-refractivity contribution < 1.29 is 9.90 Å². The van der Waals surface area contributed by atoms with Gasteiger partial charge in [-0.25, -0.2) is 0 Å². The minimum absolute atomic E-state index is 0.0620. The summed E-state index contributed by atoms with van der Waals surface area (Å²) in [6.07, 6.45) is 0.855. The molecule has 7 heteroatoms. The summed E-state index contributed by atoms with van der Waals surface area (Å²) < 4.78 is 1.61. The Bertz CT molecular complexity index is 566. The first kappa shape index (κ1) is 12.3. The van der Waals surface area contributed by atoms with Gasteiger partial charge in [-0.2, -0.15) is 4.52 Å². The highest BCUT2D eigenvalue weighted by atomic mass is 16.4. The van der Waals surface area contributed by atoms with Crippen molar-refractivity contribution >= 4 is 17.4 Å². The second-order valence-corrected chi connectivity index (χ2v) is 4.02. The minimum atomic E-state index is -0.870. The molecule has 0 aromatic carbocycles. The molecule has 18 heavy (non-hydrogen) atoms. The molecular weight excluding hydrogens is 234 g/mol. The maximum absolute atomic E-state index is 10.8. The smallest absolute Gasteiger partial charge is 0.323 e. The fourth-order valence-corrected chi connectivity index (χ4v) is 1.76. The van der Waals surface area contributed by atoms with Crippen LogP contribution in [0.4, 0.5) is 5.82 Å². The first-order valence-corrected chi connectivity index (χ1v) is 5.77. The molecule has 0 saturated heterocycles. The average Bonchev–Trinajstić information content (AvgIpc) is 2.70. The number of aliphatic carboxylic acids is 1. The van der Waals surface area contributed by atoms with E-state index in [-0.39, 0.29) is 6.54 Å². The van der Waals surface area contributed by atoms with E-state index in [0.717, 1.165) is 6.42 Å². The van der Waals surface area contributed by atoms with Gasteiger partial charge >= 0.3 is 5.97 Å². The Kier molecular flexibility index (Phi) is 3.40. The summed E-state index contributed by atoms with van der Waals surface area (Å²) in [6, 6.07) is 3.55. The second kappa shape index (κ2) is 4.99. The molecule has 0 amide bonds. The first-order chi connectivity index (χ1) is 8.61. The molecular formula is C11H15N5O2. The summed E-state index contributed by atoms with van der Waals surface area (Å²) in [5.41, 5.74) is 0.656. The summed E-state index contributed by atoms with van der Waals surface area (Å²) in [4.78, 5) is 12.6. The van der Waals surface area contributed by atoms with Crippen molar-refractivity contribution in [2.24, 2.45) is 0 Å². The van der Waals surface area contributed by atoms with E-state index in [1.54, 1.807) is 28.5 Å². The molecule has 2 rings (SSSR count). The normalized spacial score (nSPS) is 10.8. The summed E-state index contributed by atoms with van der Waals surface area (Å²) in [7, 11) is 0. The zero-order chi connectivity index (χ0) is 13.1. The van der Waals surface area contributed by atoms with Crippen molar-refractivity contribution in [1.29, 1.82) is 0 Å². The maximum atomic E-state index is 10.8. The van der Waals surface area contributed by atoms with E-state index in [0.29, 0.717) is 23.8 Å². The lowest BCUT2D eigenvalue weighted by molar-refractivity contribution is -0.135. The van der Waals surface area contributed by atoms with E-state index in [9.17, 15) is 4.79 Å². The predicted octanol–water partition coefficient (Wildman–Crippen LogP) is 0.734. The van der Waals surface area contributed by atoms with Gasteiger partial charge in [0.2, 0.25) is 0 Å². The molecule has 0 saturated carbocycles. The molecule has 2 aromatic rings. The number of hydrogen-bond donors (Lipinski definition) is 1. The molecule has 0 aliphatic rings. The highest BCUT2D eigenvalue weighted by Gasteiger charge is 2.12. The highest BCUT2D eigenvalue weighted by Crippen LogP contribution is 2.12. The molecule has 0 radical (unpaired) electrons. The quantitative estimate of drug-likeness (QED) is 0.841. The summed E-state index contributed by atoms with van der Waals surface area (Å²) in [5.74, 6) is 0.430. The molecule has 96 valence electrons. The number of carbonyl (C=O) groups is 1. The van der Waals surface area contributed by atoms with Crippen molar-refractivity contribution in [3.63, 3.8) is 0 Å². The van der Waals surface area contributed by atoms with Gasteiger partial charge in [0.1, 0.15) is 12.4 Å². The number of anilines is 1. The molecule has 0 spiro atoms. The van der Waals surface area contributed by atoms with Crippen molar-refractivity contribution in [2.45, 2.75) is 20.3 Å². The fraction of sp³-hybridized carbons (Fsp3) is 0.455. The lowest BCUT2D eigenvalue weighted by Crippen LogP contribution is -2.31. The van der Waals surface area contributed by atoms with Crippen molar-refractivity contribution in [2.75, 3.05) is 18.0 Å². The minimum Gasteiger partial charge on any atom is -0.480 e. The van der Waals surface area contributed by atoms with Gasteiger partial charge in [0.05, 0.1) is 0 Å². The number of aromatic nitrogens is 4. The Morgan fingerprint density at radius 2 is 2.22 bits per heavy atom.